The van der Waals surface area contributed by atoms with Crippen LogP contribution >= 0.6 is 27.5 Å². The maximum absolute atomic E-state index is 11.8. The molecule has 2 rings (SSSR count). The lowest BCUT2D eigenvalue weighted by atomic mass is 10.2. The van der Waals surface area contributed by atoms with Crippen molar-refractivity contribution in [2.24, 2.45) is 0 Å². The minimum Gasteiger partial charge on any atom is -0.492 e. The third-order valence-corrected chi connectivity index (χ3v) is 4.13. The Balaban J connectivity index is 1.65. The van der Waals surface area contributed by atoms with E-state index in [-0.39, 0.29) is 12.5 Å². The summed E-state index contributed by atoms with van der Waals surface area (Å²) in [5.74, 6) is 1.16. The molecular formula is C18H19BrClNO3. The van der Waals surface area contributed by atoms with Gasteiger partial charge in [-0.2, -0.15) is 0 Å². The van der Waals surface area contributed by atoms with E-state index in [9.17, 15) is 4.79 Å². The molecule has 0 aliphatic carbocycles. The van der Waals surface area contributed by atoms with Crippen LogP contribution in [0.5, 0.6) is 11.5 Å². The van der Waals surface area contributed by atoms with Crippen molar-refractivity contribution < 1.29 is 14.3 Å². The highest BCUT2D eigenvalue weighted by atomic mass is 79.9. The van der Waals surface area contributed by atoms with E-state index >= 15 is 0 Å². The van der Waals surface area contributed by atoms with Crippen LogP contribution in [-0.4, -0.2) is 25.7 Å². The van der Waals surface area contributed by atoms with Crippen molar-refractivity contribution in [3.63, 3.8) is 0 Å². The van der Waals surface area contributed by atoms with Crippen LogP contribution < -0.4 is 14.8 Å². The van der Waals surface area contributed by atoms with Gasteiger partial charge in [0.05, 0.1) is 11.0 Å². The SMILES string of the molecule is CCc1ccc(OCCNC(=O)COc2ccc(Cl)cc2Br)cc1. The Morgan fingerprint density at radius 1 is 1.17 bits per heavy atom. The maximum atomic E-state index is 11.8. The van der Waals surface area contributed by atoms with E-state index in [1.54, 1.807) is 18.2 Å². The number of carbonyl (C=O) groups excluding carboxylic acids is 1. The lowest BCUT2D eigenvalue weighted by molar-refractivity contribution is -0.123. The van der Waals surface area contributed by atoms with Gasteiger partial charge in [0.1, 0.15) is 18.1 Å². The molecule has 0 spiro atoms. The Hall–Kier alpha value is -1.72. The number of hydrogen-bond acceptors (Lipinski definition) is 3. The van der Waals surface area contributed by atoms with Crippen LogP contribution in [0.15, 0.2) is 46.9 Å². The number of halogens is 2. The van der Waals surface area contributed by atoms with E-state index in [0.29, 0.717) is 28.4 Å². The fourth-order valence-corrected chi connectivity index (χ4v) is 2.76. The summed E-state index contributed by atoms with van der Waals surface area (Å²) in [5.41, 5.74) is 1.26. The summed E-state index contributed by atoms with van der Waals surface area (Å²) in [6.45, 7) is 2.86. The van der Waals surface area contributed by atoms with Crippen LogP contribution in [0.1, 0.15) is 12.5 Å². The van der Waals surface area contributed by atoms with Gasteiger partial charge in [0, 0.05) is 5.02 Å². The minimum atomic E-state index is -0.207. The standard InChI is InChI=1S/C18H19BrClNO3/c1-2-13-3-6-15(7-4-13)23-10-9-21-18(22)12-24-17-8-5-14(20)11-16(17)19/h3-8,11H,2,9-10,12H2,1H3,(H,21,22). The van der Waals surface area contributed by atoms with Gasteiger partial charge >= 0.3 is 0 Å². The van der Waals surface area contributed by atoms with Crippen LogP contribution in [0.25, 0.3) is 0 Å². The van der Waals surface area contributed by atoms with Crippen LogP contribution in [-0.2, 0) is 11.2 Å². The topological polar surface area (TPSA) is 47.6 Å². The molecule has 0 aliphatic rings. The van der Waals surface area contributed by atoms with Gasteiger partial charge in [-0.15, -0.1) is 0 Å². The quantitative estimate of drug-likeness (QED) is 0.660. The molecule has 0 fully saturated rings. The van der Waals surface area contributed by atoms with Crippen molar-refractivity contribution >= 4 is 33.4 Å². The van der Waals surface area contributed by atoms with Crippen molar-refractivity contribution in [1.82, 2.24) is 5.32 Å². The van der Waals surface area contributed by atoms with Gasteiger partial charge in [-0.3, -0.25) is 4.79 Å². The number of ether oxygens (including phenoxy) is 2. The van der Waals surface area contributed by atoms with Crippen molar-refractivity contribution in [2.45, 2.75) is 13.3 Å². The van der Waals surface area contributed by atoms with E-state index in [0.717, 1.165) is 12.2 Å². The van der Waals surface area contributed by atoms with Crippen LogP contribution in [0.4, 0.5) is 0 Å². The normalized spacial score (nSPS) is 10.3. The summed E-state index contributed by atoms with van der Waals surface area (Å²) in [6, 6.07) is 13.1. The molecule has 0 heterocycles. The summed E-state index contributed by atoms with van der Waals surface area (Å²) in [7, 11) is 0. The van der Waals surface area contributed by atoms with Crippen LogP contribution in [0, 0.1) is 0 Å². The smallest absolute Gasteiger partial charge is 0.258 e. The molecule has 0 saturated carbocycles. The number of benzene rings is 2. The second-order valence-electron chi connectivity index (χ2n) is 5.06. The second kappa shape index (κ2) is 9.55. The fourth-order valence-electron chi connectivity index (χ4n) is 1.97. The third kappa shape index (κ3) is 6.06. The van der Waals surface area contributed by atoms with Gasteiger partial charge in [-0.1, -0.05) is 30.7 Å². The molecule has 0 bridgehead atoms. The molecule has 1 amide bonds. The van der Waals surface area contributed by atoms with E-state index in [2.05, 4.69) is 28.2 Å². The average Bonchev–Trinajstić information content (AvgIpc) is 2.58. The van der Waals surface area contributed by atoms with Gasteiger partial charge in [0.2, 0.25) is 0 Å². The summed E-state index contributed by atoms with van der Waals surface area (Å²) in [6.07, 6.45) is 1.00. The Bertz CT molecular complexity index is 676. The summed E-state index contributed by atoms with van der Waals surface area (Å²) in [5, 5.41) is 3.35. The van der Waals surface area contributed by atoms with Crippen molar-refractivity contribution in [2.75, 3.05) is 19.8 Å². The highest BCUT2D eigenvalue weighted by molar-refractivity contribution is 9.10. The van der Waals surface area contributed by atoms with Crippen molar-refractivity contribution in [1.29, 1.82) is 0 Å². The van der Waals surface area contributed by atoms with Gasteiger partial charge < -0.3 is 14.8 Å². The third-order valence-electron chi connectivity index (χ3n) is 3.28. The van der Waals surface area contributed by atoms with Gasteiger partial charge in [0.25, 0.3) is 5.91 Å². The zero-order chi connectivity index (χ0) is 17.4. The monoisotopic (exact) mass is 411 g/mol. The predicted molar refractivity (Wildman–Crippen MR) is 99.0 cm³/mol. The molecule has 2 aromatic rings. The zero-order valence-corrected chi connectivity index (χ0v) is 15.7. The molecule has 1 N–H and O–H groups in total. The predicted octanol–water partition coefficient (Wildman–Crippen LogP) is 4.24. The van der Waals surface area contributed by atoms with E-state index in [1.807, 2.05) is 24.3 Å². The number of rotatable bonds is 8. The Morgan fingerprint density at radius 2 is 1.92 bits per heavy atom. The first-order valence-electron chi connectivity index (χ1n) is 7.64. The van der Waals surface area contributed by atoms with Gasteiger partial charge in [-0.05, 0) is 58.2 Å². The fraction of sp³-hybridized carbons (Fsp3) is 0.278. The molecular weight excluding hydrogens is 394 g/mol. The number of aryl methyl sites for hydroxylation is 1. The molecule has 0 aliphatic heterocycles. The first-order chi connectivity index (χ1) is 11.6. The summed E-state index contributed by atoms with van der Waals surface area (Å²) >= 11 is 9.19. The molecule has 0 radical (unpaired) electrons. The lowest BCUT2D eigenvalue weighted by Crippen LogP contribution is -2.32. The van der Waals surface area contributed by atoms with E-state index in [1.165, 1.54) is 5.56 Å². The molecule has 2 aromatic carbocycles. The Kier molecular flexibility index (Phi) is 7.40. The highest BCUT2D eigenvalue weighted by Crippen LogP contribution is 2.27. The first-order valence-corrected chi connectivity index (χ1v) is 8.82. The van der Waals surface area contributed by atoms with Crippen LogP contribution in [0.3, 0.4) is 0 Å². The molecule has 4 nitrogen and oxygen atoms in total. The molecule has 0 atom stereocenters. The largest absolute Gasteiger partial charge is 0.492 e. The zero-order valence-electron chi connectivity index (χ0n) is 13.4. The van der Waals surface area contributed by atoms with Crippen LogP contribution in [0.2, 0.25) is 5.02 Å². The lowest BCUT2D eigenvalue weighted by Gasteiger charge is -2.10. The summed E-state index contributed by atoms with van der Waals surface area (Å²) in [4.78, 5) is 11.8. The molecule has 128 valence electrons. The van der Waals surface area contributed by atoms with Gasteiger partial charge in [0.15, 0.2) is 6.61 Å². The minimum absolute atomic E-state index is 0.0641. The molecule has 24 heavy (non-hydrogen) atoms. The van der Waals surface area contributed by atoms with Crippen molar-refractivity contribution in [3.8, 4) is 11.5 Å². The molecule has 6 heteroatoms. The number of hydrogen-bond donors (Lipinski definition) is 1. The Morgan fingerprint density at radius 3 is 2.58 bits per heavy atom. The number of nitrogens with one attached hydrogen (secondary N) is 1. The maximum Gasteiger partial charge on any atom is 0.258 e. The second-order valence-corrected chi connectivity index (χ2v) is 6.35. The Labute approximate surface area is 155 Å². The van der Waals surface area contributed by atoms with Crippen molar-refractivity contribution in [3.05, 3.63) is 57.5 Å². The first kappa shape index (κ1) is 18.6. The van der Waals surface area contributed by atoms with E-state index < -0.39 is 0 Å². The molecule has 0 unspecified atom stereocenters. The summed E-state index contributed by atoms with van der Waals surface area (Å²) < 4.78 is 11.7. The highest BCUT2D eigenvalue weighted by Gasteiger charge is 2.06. The molecule has 0 saturated heterocycles. The molecule has 0 aromatic heterocycles. The van der Waals surface area contributed by atoms with Gasteiger partial charge in [-0.25, -0.2) is 0 Å². The van der Waals surface area contributed by atoms with E-state index in [4.69, 9.17) is 21.1 Å². The average molecular weight is 413 g/mol. The number of carbonyl (C=O) groups is 1. The number of amides is 1.